The lowest BCUT2D eigenvalue weighted by atomic mass is 10.2. The van der Waals surface area contributed by atoms with Gasteiger partial charge in [-0.25, -0.2) is 4.39 Å². The molecule has 1 aliphatic heterocycles. The summed E-state index contributed by atoms with van der Waals surface area (Å²) in [7, 11) is 3.81. The Kier molecular flexibility index (Phi) is 8.85. The van der Waals surface area contributed by atoms with Crippen LogP contribution in [-0.2, 0) is 6.54 Å². The Labute approximate surface area is 157 Å². The summed E-state index contributed by atoms with van der Waals surface area (Å²) in [5, 5.41) is 3.43. The van der Waals surface area contributed by atoms with Crippen molar-refractivity contribution in [3.8, 4) is 0 Å². The Hall–Kier alpha value is -1.66. The molecular weight excluding hydrogens is 329 g/mol. The first-order chi connectivity index (χ1) is 12.6. The second-order valence-electron chi connectivity index (χ2n) is 6.94. The number of hydrogen-bond donors (Lipinski definition) is 1. The van der Waals surface area contributed by atoms with Crippen LogP contribution in [0, 0.1) is 5.82 Å². The smallest absolute Gasteiger partial charge is 0.193 e. The average molecular weight is 364 g/mol. The van der Waals surface area contributed by atoms with Crippen LogP contribution < -0.4 is 5.32 Å². The first-order valence-corrected chi connectivity index (χ1v) is 9.73. The van der Waals surface area contributed by atoms with Gasteiger partial charge in [-0.15, -0.1) is 0 Å². The zero-order valence-electron chi connectivity index (χ0n) is 16.5. The number of halogens is 1. The summed E-state index contributed by atoms with van der Waals surface area (Å²) < 4.78 is 13.0. The van der Waals surface area contributed by atoms with Crippen LogP contribution in [0.3, 0.4) is 0 Å². The molecule has 0 aromatic heterocycles. The van der Waals surface area contributed by atoms with Gasteiger partial charge < -0.3 is 20.0 Å². The van der Waals surface area contributed by atoms with E-state index >= 15 is 0 Å². The minimum atomic E-state index is -0.199. The summed E-state index contributed by atoms with van der Waals surface area (Å²) in [6, 6.07) is 6.63. The largest absolute Gasteiger partial charge is 0.356 e. The predicted octanol–water partition coefficient (Wildman–Crippen LogP) is 2.25. The van der Waals surface area contributed by atoms with E-state index in [2.05, 4.69) is 31.9 Å². The monoisotopic (exact) mass is 363 g/mol. The third kappa shape index (κ3) is 6.92. The summed E-state index contributed by atoms with van der Waals surface area (Å²) in [4.78, 5) is 11.5. The molecule has 26 heavy (non-hydrogen) atoms. The molecule has 1 aromatic carbocycles. The van der Waals surface area contributed by atoms with Crippen LogP contribution in [0.1, 0.15) is 25.3 Å². The molecule has 0 saturated carbocycles. The third-order valence-corrected chi connectivity index (χ3v) is 5.00. The van der Waals surface area contributed by atoms with E-state index in [1.165, 1.54) is 57.8 Å². The number of likely N-dealkylation sites (N-methyl/N-ethyl adjacent to an activating group) is 1. The topological polar surface area (TPSA) is 34.1 Å². The average Bonchev–Trinajstić information content (AvgIpc) is 2.67. The molecule has 2 rings (SSSR count). The molecule has 0 radical (unpaired) electrons. The lowest BCUT2D eigenvalue weighted by Crippen LogP contribution is -2.46. The zero-order valence-corrected chi connectivity index (χ0v) is 16.5. The summed E-state index contributed by atoms with van der Waals surface area (Å²) >= 11 is 0. The summed E-state index contributed by atoms with van der Waals surface area (Å²) in [6.07, 6.45) is 2.34. The first-order valence-electron chi connectivity index (χ1n) is 9.73. The number of nitrogens with one attached hydrogen (secondary N) is 1. The molecule has 0 bridgehead atoms. The second-order valence-corrected chi connectivity index (χ2v) is 6.94. The number of unbranched alkanes of at least 4 members (excludes halogenated alkanes) is 1. The second kappa shape index (κ2) is 11.1. The molecule has 1 heterocycles. The van der Waals surface area contributed by atoms with Crippen LogP contribution in [0.25, 0.3) is 0 Å². The molecule has 1 aliphatic rings. The normalized spacial score (nSPS) is 16.7. The molecule has 0 amide bonds. The standard InChI is InChI=1S/C20H34FN5/c1-4-25-13-15-26(16-14-25)12-6-5-11-23-20(22-2)24(3)17-18-7-9-19(21)10-8-18/h7-10H,4-6,11-17H2,1-3H3,(H,22,23). The van der Waals surface area contributed by atoms with Crippen LogP contribution in [-0.4, -0.2) is 80.6 Å². The Morgan fingerprint density at radius 2 is 1.77 bits per heavy atom. The van der Waals surface area contributed by atoms with Gasteiger partial charge in [0.05, 0.1) is 0 Å². The van der Waals surface area contributed by atoms with Crippen LogP contribution in [0.4, 0.5) is 4.39 Å². The minimum absolute atomic E-state index is 0.199. The lowest BCUT2D eigenvalue weighted by molar-refractivity contribution is 0.136. The number of hydrogen-bond acceptors (Lipinski definition) is 3. The molecule has 1 N–H and O–H groups in total. The van der Waals surface area contributed by atoms with E-state index in [1.54, 1.807) is 7.05 Å². The molecule has 0 atom stereocenters. The highest BCUT2D eigenvalue weighted by atomic mass is 19.1. The SMILES string of the molecule is CCN1CCN(CCCCNC(=NC)N(C)Cc2ccc(F)cc2)CC1. The molecule has 1 aromatic rings. The number of piperazine rings is 1. The summed E-state index contributed by atoms with van der Waals surface area (Å²) in [6.45, 7) is 11.0. The van der Waals surface area contributed by atoms with Gasteiger partial charge in [0, 0.05) is 53.4 Å². The molecular formula is C20H34FN5. The van der Waals surface area contributed by atoms with Gasteiger partial charge in [0.15, 0.2) is 5.96 Å². The highest BCUT2D eigenvalue weighted by Gasteiger charge is 2.14. The van der Waals surface area contributed by atoms with E-state index in [0.717, 1.165) is 24.5 Å². The van der Waals surface area contributed by atoms with Crippen LogP contribution >= 0.6 is 0 Å². The van der Waals surface area contributed by atoms with Crippen molar-refractivity contribution in [2.75, 3.05) is 59.9 Å². The predicted molar refractivity (Wildman–Crippen MR) is 107 cm³/mol. The van der Waals surface area contributed by atoms with E-state index in [-0.39, 0.29) is 5.82 Å². The molecule has 0 aliphatic carbocycles. The molecule has 0 unspecified atom stereocenters. The van der Waals surface area contributed by atoms with E-state index in [1.807, 2.05) is 19.2 Å². The van der Waals surface area contributed by atoms with Crippen LogP contribution in [0.5, 0.6) is 0 Å². The number of nitrogens with zero attached hydrogens (tertiary/aromatic N) is 4. The van der Waals surface area contributed by atoms with Crippen LogP contribution in [0.15, 0.2) is 29.3 Å². The van der Waals surface area contributed by atoms with Crippen molar-refractivity contribution in [2.45, 2.75) is 26.3 Å². The van der Waals surface area contributed by atoms with Crippen molar-refractivity contribution in [3.05, 3.63) is 35.6 Å². The maximum Gasteiger partial charge on any atom is 0.193 e. The molecule has 0 spiro atoms. The highest BCUT2D eigenvalue weighted by molar-refractivity contribution is 5.79. The quantitative estimate of drug-likeness (QED) is 0.436. The van der Waals surface area contributed by atoms with Crippen molar-refractivity contribution in [1.29, 1.82) is 0 Å². The van der Waals surface area contributed by atoms with Gasteiger partial charge in [0.25, 0.3) is 0 Å². The molecule has 1 fully saturated rings. The Morgan fingerprint density at radius 3 is 2.38 bits per heavy atom. The van der Waals surface area contributed by atoms with Gasteiger partial charge in [0.1, 0.15) is 5.82 Å². The van der Waals surface area contributed by atoms with Gasteiger partial charge >= 0.3 is 0 Å². The van der Waals surface area contributed by atoms with Gasteiger partial charge in [-0.05, 0) is 43.6 Å². The van der Waals surface area contributed by atoms with Crippen molar-refractivity contribution in [2.24, 2.45) is 4.99 Å². The van der Waals surface area contributed by atoms with E-state index in [9.17, 15) is 4.39 Å². The summed E-state index contributed by atoms with van der Waals surface area (Å²) in [5.41, 5.74) is 1.07. The summed E-state index contributed by atoms with van der Waals surface area (Å²) in [5.74, 6) is 0.681. The Balaban J connectivity index is 1.61. The van der Waals surface area contributed by atoms with Gasteiger partial charge in [0.2, 0.25) is 0 Å². The highest BCUT2D eigenvalue weighted by Crippen LogP contribution is 2.06. The van der Waals surface area contributed by atoms with E-state index in [4.69, 9.17) is 0 Å². The maximum absolute atomic E-state index is 13.0. The van der Waals surface area contributed by atoms with Gasteiger partial charge in [-0.2, -0.15) is 0 Å². The lowest BCUT2D eigenvalue weighted by Gasteiger charge is -2.34. The Morgan fingerprint density at radius 1 is 1.12 bits per heavy atom. The third-order valence-electron chi connectivity index (χ3n) is 5.00. The van der Waals surface area contributed by atoms with E-state index in [0.29, 0.717) is 6.54 Å². The Bertz CT molecular complexity index is 538. The molecule has 5 nitrogen and oxygen atoms in total. The van der Waals surface area contributed by atoms with Crippen molar-refractivity contribution >= 4 is 5.96 Å². The fraction of sp³-hybridized carbons (Fsp3) is 0.650. The van der Waals surface area contributed by atoms with Crippen molar-refractivity contribution in [1.82, 2.24) is 20.0 Å². The van der Waals surface area contributed by atoms with Gasteiger partial charge in [-0.3, -0.25) is 4.99 Å². The number of benzene rings is 1. The maximum atomic E-state index is 13.0. The van der Waals surface area contributed by atoms with Gasteiger partial charge in [-0.1, -0.05) is 19.1 Å². The molecule has 6 heteroatoms. The number of aliphatic imine (C=N–C) groups is 1. The fourth-order valence-electron chi connectivity index (χ4n) is 3.31. The zero-order chi connectivity index (χ0) is 18.8. The fourth-order valence-corrected chi connectivity index (χ4v) is 3.31. The minimum Gasteiger partial charge on any atom is -0.356 e. The molecule has 1 saturated heterocycles. The van der Waals surface area contributed by atoms with Crippen LogP contribution in [0.2, 0.25) is 0 Å². The van der Waals surface area contributed by atoms with Crippen molar-refractivity contribution in [3.63, 3.8) is 0 Å². The number of rotatable bonds is 8. The van der Waals surface area contributed by atoms with Crippen molar-refractivity contribution < 1.29 is 4.39 Å². The van der Waals surface area contributed by atoms with E-state index < -0.39 is 0 Å². The number of guanidine groups is 1. The molecule has 146 valence electrons. The first kappa shape index (κ1) is 20.6.